The van der Waals surface area contributed by atoms with Gasteiger partial charge >= 0.3 is 6.09 Å². The molecule has 1 aromatic heterocycles. The number of halogens is 1. The molecule has 7 nitrogen and oxygen atoms in total. The first kappa shape index (κ1) is 13.4. The lowest BCUT2D eigenvalue weighted by molar-refractivity contribution is 0.136. The zero-order valence-electron chi connectivity index (χ0n) is 9.84. The van der Waals surface area contributed by atoms with E-state index in [2.05, 4.69) is 9.89 Å². The summed E-state index contributed by atoms with van der Waals surface area (Å²) < 4.78 is 15.0. The molecule has 102 valence electrons. The summed E-state index contributed by atoms with van der Waals surface area (Å²) in [6.07, 6.45) is -0.878. The zero-order chi connectivity index (χ0) is 13.8. The van der Waals surface area contributed by atoms with Crippen molar-refractivity contribution in [3.63, 3.8) is 0 Å². The SMILES string of the molecule is NC(=O)OCC(N)COc1noc2cc(Cl)ccc12. The van der Waals surface area contributed by atoms with Crippen LogP contribution in [-0.4, -0.2) is 30.5 Å². The maximum atomic E-state index is 10.4. The number of hydrogen-bond acceptors (Lipinski definition) is 6. The molecule has 0 radical (unpaired) electrons. The number of primary amides is 1. The van der Waals surface area contributed by atoms with Crippen LogP contribution in [0.5, 0.6) is 5.88 Å². The molecule has 0 aliphatic rings. The number of aromatic nitrogens is 1. The van der Waals surface area contributed by atoms with E-state index in [0.717, 1.165) is 0 Å². The Morgan fingerprint density at radius 1 is 1.47 bits per heavy atom. The fraction of sp³-hybridized carbons (Fsp3) is 0.273. The van der Waals surface area contributed by atoms with Gasteiger partial charge in [0.1, 0.15) is 13.2 Å². The Hall–Kier alpha value is -1.99. The van der Waals surface area contributed by atoms with Gasteiger partial charge in [-0.1, -0.05) is 11.6 Å². The van der Waals surface area contributed by atoms with Crippen LogP contribution in [0.15, 0.2) is 22.7 Å². The van der Waals surface area contributed by atoms with Crippen LogP contribution >= 0.6 is 11.6 Å². The highest BCUT2D eigenvalue weighted by Gasteiger charge is 2.12. The Balaban J connectivity index is 1.96. The van der Waals surface area contributed by atoms with Crippen LogP contribution in [-0.2, 0) is 4.74 Å². The highest BCUT2D eigenvalue weighted by molar-refractivity contribution is 6.31. The molecule has 0 bridgehead atoms. The van der Waals surface area contributed by atoms with Crippen LogP contribution in [0.1, 0.15) is 0 Å². The van der Waals surface area contributed by atoms with E-state index < -0.39 is 12.1 Å². The molecule has 0 aliphatic heterocycles. The molecule has 4 N–H and O–H groups in total. The van der Waals surface area contributed by atoms with Crippen molar-refractivity contribution in [2.45, 2.75) is 6.04 Å². The van der Waals surface area contributed by atoms with Gasteiger partial charge in [0.15, 0.2) is 5.58 Å². The van der Waals surface area contributed by atoms with E-state index in [1.54, 1.807) is 18.2 Å². The lowest BCUT2D eigenvalue weighted by atomic mass is 10.2. The molecule has 0 spiro atoms. The summed E-state index contributed by atoms with van der Waals surface area (Å²) in [5.41, 5.74) is 11.0. The molecular weight excluding hydrogens is 274 g/mol. The average molecular weight is 286 g/mol. The summed E-state index contributed by atoms with van der Waals surface area (Å²) in [7, 11) is 0. The monoisotopic (exact) mass is 285 g/mol. The normalized spacial score (nSPS) is 12.3. The third-order valence-electron chi connectivity index (χ3n) is 2.27. The number of ether oxygens (including phenoxy) is 2. The molecule has 1 heterocycles. The van der Waals surface area contributed by atoms with Gasteiger partial charge < -0.3 is 25.5 Å². The van der Waals surface area contributed by atoms with E-state index in [1.807, 2.05) is 0 Å². The quantitative estimate of drug-likeness (QED) is 0.855. The van der Waals surface area contributed by atoms with Crippen LogP contribution in [0, 0.1) is 0 Å². The Morgan fingerprint density at radius 3 is 3.00 bits per heavy atom. The van der Waals surface area contributed by atoms with Gasteiger partial charge in [-0.05, 0) is 17.3 Å². The Morgan fingerprint density at radius 2 is 2.26 bits per heavy atom. The number of amides is 1. The van der Waals surface area contributed by atoms with E-state index in [4.69, 9.17) is 32.3 Å². The largest absolute Gasteiger partial charge is 0.473 e. The van der Waals surface area contributed by atoms with Gasteiger partial charge in [0.05, 0.1) is 11.4 Å². The second-order valence-electron chi connectivity index (χ2n) is 3.83. The smallest absolute Gasteiger partial charge is 0.404 e. The maximum Gasteiger partial charge on any atom is 0.404 e. The molecule has 0 fully saturated rings. The molecule has 0 saturated heterocycles. The van der Waals surface area contributed by atoms with Crippen molar-refractivity contribution in [1.82, 2.24) is 5.16 Å². The summed E-state index contributed by atoms with van der Waals surface area (Å²) in [5.74, 6) is 0.307. The van der Waals surface area contributed by atoms with Crippen LogP contribution < -0.4 is 16.2 Å². The van der Waals surface area contributed by atoms with Crippen molar-refractivity contribution in [2.75, 3.05) is 13.2 Å². The summed E-state index contributed by atoms with van der Waals surface area (Å²) in [5, 5.41) is 4.99. The number of rotatable bonds is 5. The minimum atomic E-state index is -0.878. The van der Waals surface area contributed by atoms with Crippen molar-refractivity contribution in [1.29, 1.82) is 0 Å². The molecule has 1 amide bonds. The second kappa shape index (κ2) is 5.77. The maximum absolute atomic E-state index is 10.4. The molecule has 1 unspecified atom stereocenters. The summed E-state index contributed by atoms with van der Waals surface area (Å²) in [6.45, 7) is 0.0779. The van der Waals surface area contributed by atoms with E-state index in [9.17, 15) is 4.79 Å². The van der Waals surface area contributed by atoms with Gasteiger partial charge in [0.2, 0.25) is 0 Å². The first-order valence-electron chi connectivity index (χ1n) is 5.42. The third kappa shape index (κ3) is 3.49. The topological polar surface area (TPSA) is 114 Å². The average Bonchev–Trinajstić information content (AvgIpc) is 2.76. The van der Waals surface area contributed by atoms with Gasteiger partial charge in [0.25, 0.3) is 5.88 Å². The van der Waals surface area contributed by atoms with Crippen LogP contribution in [0.2, 0.25) is 5.02 Å². The number of hydrogen-bond donors (Lipinski definition) is 2. The predicted molar refractivity (Wildman–Crippen MR) is 68.0 cm³/mol. The lowest BCUT2D eigenvalue weighted by Gasteiger charge is -2.10. The number of nitrogens with zero attached hydrogens (tertiary/aromatic N) is 1. The molecular formula is C11H12ClN3O4. The van der Waals surface area contributed by atoms with Crippen molar-refractivity contribution in [3.05, 3.63) is 23.2 Å². The summed E-state index contributed by atoms with van der Waals surface area (Å²) >= 11 is 5.82. The molecule has 0 saturated carbocycles. The van der Waals surface area contributed by atoms with Gasteiger partial charge in [-0.15, -0.1) is 0 Å². The molecule has 0 aliphatic carbocycles. The van der Waals surface area contributed by atoms with Crippen molar-refractivity contribution >= 4 is 28.7 Å². The number of benzene rings is 1. The molecule has 1 atom stereocenters. The standard InChI is InChI=1S/C11H12ClN3O4/c12-6-1-2-8-9(3-6)19-15-10(8)17-4-7(13)5-18-11(14)16/h1-3,7H,4-5,13H2,(H2,14,16). The van der Waals surface area contributed by atoms with Gasteiger partial charge in [-0.25, -0.2) is 4.79 Å². The van der Waals surface area contributed by atoms with Gasteiger partial charge in [-0.2, -0.15) is 0 Å². The summed E-state index contributed by atoms with van der Waals surface area (Å²) in [4.78, 5) is 10.4. The number of carbonyl (C=O) groups is 1. The van der Waals surface area contributed by atoms with E-state index in [1.165, 1.54) is 0 Å². The third-order valence-corrected chi connectivity index (χ3v) is 2.51. The van der Waals surface area contributed by atoms with Gasteiger partial charge in [0, 0.05) is 11.1 Å². The minimum absolute atomic E-state index is 0.0308. The number of nitrogens with two attached hydrogens (primary N) is 2. The van der Waals surface area contributed by atoms with E-state index in [0.29, 0.717) is 21.9 Å². The van der Waals surface area contributed by atoms with Crippen molar-refractivity contribution in [2.24, 2.45) is 11.5 Å². The highest BCUT2D eigenvalue weighted by Crippen LogP contribution is 2.27. The fourth-order valence-corrected chi connectivity index (χ4v) is 1.58. The molecule has 1 aromatic carbocycles. The number of carbonyl (C=O) groups excluding carboxylic acids is 1. The van der Waals surface area contributed by atoms with Crippen molar-refractivity contribution in [3.8, 4) is 5.88 Å². The summed E-state index contributed by atoms with van der Waals surface area (Å²) in [6, 6.07) is 4.55. The van der Waals surface area contributed by atoms with Crippen LogP contribution in [0.3, 0.4) is 0 Å². The Bertz CT molecular complexity index is 586. The second-order valence-corrected chi connectivity index (χ2v) is 4.27. The van der Waals surface area contributed by atoms with Crippen LogP contribution in [0.4, 0.5) is 4.79 Å². The molecule has 2 rings (SSSR count). The fourth-order valence-electron chi connectivity index (χ4n) is 1.42. The molecule has 8 heteroatoms. The van der Waals surface area contributed by atoms with Crippen LogP contribution in [0.25, 0.3) is 11.0 Å². The predicted octanol–water partition coefficient (Wildman–Crippen LogP) is 1.28. The molecule has 2 aromatic rings. The van der Waals surface area contributed by atoms with Crippen molar-refractivity contribution < 1.29 is 18.8 Å². The first-order valence-corrected chi connectivity index (χ1v) is 5.79. The Labute approximate surface area is 113 Å². The number of fused-ring (bicyclic) bond motifs is 1. The highest BCUT2D eigenvalue weighted by atomic mass is 35.5. The minimum Gasteiger partial charge on any atom is -0.473 e. The van der Waals surface area contributed by atoms with E-state index >= 15 is 0 Å². The Kier molecular flexibility index (Phi) is 4.08. The van der Waals surface area contributed by atoms with Gasteiger partial charge in [-0.3, -0.25) is 0 Å². The van der Waals surface area contributed by atoms with E-state index in [-0.39, 0.29) is 13.2 Å². The first-order chi connectivity index (χ1) is 9.06. The lowest BCUT2D eigenvalue weighted by Crippen LogP contribution is -2.34. The zero-order valence-corrected chi connectivity index (χ0v) is 10.6. The molecule has 19 heavy (non-hydrogen) atoms.